The van der Waals surface area contributed by atoms with Gasteiger partial charge in [0.05, 0.1) is 12.6 Å². The molecule has 0 fully saturated rings. The normalized spacial score (nSPS) is 10.3. The van der Waals surface area contributed by atoms with Crippen LogP contribution in [0.1, 0.15) is 18.9 Å². The van der Waals surface area contributed by atoms with E-state index in [1.165, 1.54) is 5.56 Å². The number of rotatable bonds is 5. The molecule has 1 aromatic rings. The molecule has 0 aliphatic heterocycles. The van der Waals surface area contributed by atoms with Crippen molar-refractivity contribution in [3.63, 3.8) is 0 Å². The summed E-state index contributed by atoms with van der Waals surface area (Å²) in [5.41, 5.74) is 1.24. The van der Waals surface area contributed by atoms with Gasteiger partial charge in [0.15, 0.2) is 0 Å². The van der Waals surface area contributed by atoms with Gasteiger partial charge in [-0.15, -0.1) is 0 Å². The summed E-state index contributed by atoms with van der Waals surface area (Å²) >= 11 is 3.52. The standard InChI is InChI=1S/C12H15BrN2/c1-2-8-15(9-7-14)10-11-5-3-4-6-12(11)13/h3-6H,2,8-10H2,1H3. The maximum atomic E-state index is 8.71. The van der Waals surface area contributed by atoms with Crippen molar-refractivity contribution in [3.05, 3.63) is 34.3 Å². The minimum absolute atomic E-state index is 0.495. The van der Waals surface area contributed by atoms with Gasteiger partial charge in [-0.05, 0) is 24.6 Å². The van der Waals surface area contributed by atoms with Crippen LogP contribution in [0.3, 0.4) is 0 Å². The van der Waals surface area contributed by atoms with Crippen LogP contribution in [-0.2, 0) is 6.54 Å². The Morgan fingerprint density at radius 2 is 2.13 bits per heavy atom. The Balaban J connectivity index is 2.66. The Morgan fingerprint density at radius 1 is 1.40 bits per heavy atom. The van der Waals surface area contributed by atoms with Crippen molar-refractivity contribution in [2.24, 2.45) is 0 Å². The second-order valence-corrected chi connectivity index (χ2v) is 4.31. The monoisotopic (exact) mass is 266 g/mol. The third-order valence-corrected chi connectivity index (χ3v) is 2.96. The highest BCUT2D eigenvalue weighted by Gasteiger charge is 2.06. The Labute approximate surface area is 99.6 Å². The van der Waals surface area contributed by atoms with Gasteiger partial charge in [-0.3, -0.25) is 4.90 Å². The summed E-state index contributed by atoms with van der Waals surface area (Å²) in [5, 5.41) is 8.71. The molecule has 3 heteroatoms. The van der Waals surface area contributed by atoms with Gasteiger partial charge < -0.3 is 0 Å². The lowest BCUT2D eigenvalue weighted by molar-refractivity contribution is 0.298. The first kappa shape index (κ1) is 12.2. The molecule has 0 spiro atoms. The second kappa shape index (κ2) is 6.60. The molecule has 0 aliphatic carbocycles. The summed E-state index contributed by atoms with van der Waals surface area (Å²) in [6.07, 6.45) is 1.08. The Kier molecular flexibility index (Phi) is 5.38. The molecule has 0 unspecified atom stereocenters. The van der Waals surface area contributed by atoms with Crippen molar-refractivity contribution >= 4 is 15.9 Å². The SMILES string of the molecule is CCCN(CC#N)Cc1ccccc1Br. The summed E-state index contributed by atoms with van der Waals surface area (Å²) in [6.45, 7) is 4.43. The van der Waals surface area contributed by atoms with Crippen LogP contribution >= 0.6 is 15.9 Å². The number of hydrogen-bond donors (Lipinski definition) is 0. The van der Waals surface area contributed by atoms with Gasteiger partial charge in [0.1, 0.15) is 0 Å². The van der Waals surface area contributed by atoms with E-state index >= 15 is 0 Å². The molecule has 2 nitrogen and oxygen atoms in total. The predicted octanol–water partition coefficient (Wildman–Crippen LogP) is 3.18. The second-order valence-electron chi connectivity index (χ2n) is 3.46. The molecule has 0 radical (unpaired) electrons. The minimum Gasteiger partial charge on any atom is -0.286 e. The molecule has 80 valence electrons. The minimum atomic E-state index is 0.495. The molecule has 0 bridgehead atoms. The fourth-order valence-corrected chi connectivity index (χ4v) is 1.91. The van der Waals surface area contributed by atoms with Crippen molar-refractivity contribution in [1.29, 1.82) is 5.26 Å². The van der Waals surface area contributed by atoms with Gasteiger partial charge >= 0.3 is 0 Å². The van der Waals surface area contributed by atoms with Crippen LogP contribution < -0.4 is 0 Å². The molecule has 1 rings (SSSR count). The van der Waals surface area contributed by atoms with Gasteiger partial charge in [-0.1, -0.05) is 41.1 Å². The van der Waals surface area contributed by atoms with Crippen molar-refractivity contribution < 1.29 is 0 Å². The summed E-state index contributed by atoms with van der Waals surface area (Å²) in [6, 6.07) is 10.4. The van der Waals surface area contributed by atoms with Crippen molar-refractivity contribution in [3.8, 4) is 6.07 Å². The molecule has 0 amide bonds. The van der Waals surface area contributed by atoms with Gasteiger partial charge in [0.25, 0.3) is 0 Å². The van der Waals surface area contributed by atoms with Crippen molar-refractivity contribution in [2.75, 3.05) is 13.1 Å². The highest BCUT2D eigenvalue weighted by atomic mass is 79.9. The van der Waals surface area contributed by atoms with Gasteiger partial charge in [0.2, 0.25) is 0 Å². The molecule has 0 atom stereocenters. The van der Waals surface area contributed by atoms with Crippen LogP contribution in [-0.4, -0.2) is 18.0 Å². The van der Waals surface area contributed by atoms with E-state index in [0.717, 1.165) is 24.0 Å². The molecule has 0 saturated heterocycles. The van der Waals surface area contributed by atoms with Crippen LogP contribution in [0.5, 0.6) is 0 Å². The molecule has 0 N–H and O–H groups in total. The van der Waals surface area contributed by atoms with Crippen LogP contribution in [0.15, 0.2) is 28.7 Å². The molecule has 0 aliphatic rings. The first-order valence-corrected chi connectivity index (χ1v) is 5.90. The molecule has 0 saturated carbocycles. The largest absolute Gasteiger partial charge is 0.286 e. The van der Waals surface area contributed by atoms with E-state index in [1.807, 2.05) is 18.2 Å². The zero-order valence-electron chi connectivity index (χ0n) is 8.91. The highest BCUT2D eigenvalue weighted by molar-refractivity contribution is 9.10. The van der Waals surface area contributed by atoms with Crippen molar-refractivity contribution in [2.45, 2.75) is 19.9 Å². The van der Waals surface area contributed by atoms with E-state index < -0.39 is 0 Å². The average Bonchev–Trinajstić information content (AvgIpc) is 2.22. The van der Waals surface area contributed by atoms with E-state index in [2.05, 4.69) is 39.9 Å². The predicted molar refractivity (Wildman–Crippen MR) is 65.3 cm³/mol. The number of nitriles is 1. The third-order valence-electron chi connectivity index (χ3n) is 2.19. The number of halogens is 1. The van der Waals surface area contributed by atoms with E-state index in [9.17, 15) is 0 Å². The fourth-order valence-electron chi connectivity index (χ4n) is 1.50. The highest BCUT2D eigenvalue weighted by Crippen LogP contribution is 2.17. The maximum absolute atomic E-state index is 8.71. The topological polar surface area (TPSA) is 27.0 Å². The summed E-state index contributed by atoms with van der Waals surface area (Å²) in [5.74, 6) is 0. The fraction of sp³-hybridized carbons (Fsp3) is 0.417. The van der Waals surface area contributed by atoms with Gasteiger partial charge in [-0.25, -0.2) is 0 Å². The Hall–Kier alpha value is -0.850. The quantitative estimate of drug-likeness (QED) is 0.766. The zero-order chi connectivity index (χ0) is 11.1. The lowest BCUT2D eigenvalue weighted by Gasteiger charge is -2.18. The van der Waals surface area contributed by atoms with E-state index in [4.69, 9.17) is 5.26 Å². The summed E-state index contributed by atoms with van der Waals surface area (Å²) < 4.78 is 1.11. The van der Waals surface area contributed by atoms with E-state index in [1.54, 1.807) is 0 Å². The van der Waals surface area contributed by atoms with Crippen LogP contribution in [0.4, 0.5) is 0 Å². The first-order chi connectivity index (χ1) is 7.27. The number of hydrogen-bond acceptors (Lipinski definition) is 2. The van der Waals surface area contributed by atoms with Crippen LogP contribution in [0.25, 0.3) is 0 Å². The molecule has 15 heavy (non-hydrogen) atoms. The molecule has 0 aromatic heterocycles. The Bertz CT molecular complexity index is 344. The van der Waals surface area contributed by atoms with E-state index in [-0.39, 0.29) is 0 Å². The molecular formula is C12H15BrN2. The maximum Gasteiger partial charge on any atom is 0.0868 e. The summed E-state index contributed by atoms with van der Waals surface area (Å²) in [4.78, 5) is 2.15. The Morgan fingerprint density at radius 3 is 2.73 bits per heavy atom. The smallest absolute Gasteiger partial charge is 0.0868 e. The molecule has 1 aromatic carbocycles. The van der Waals surface area contributed by atoms with Gasteiger partial charge in [0, 0.05) is 11.0 Å². The number of benzene rings is 1. The van der Waals surface area contributed by atoms with Crippen LogP contribution in [0.2, 0.25) is 0 Å². The molecule has 0 heterocycles. The average molecular weight is 267 g/mol. The first-order valence-electron chi connectivity index (χ1n) is 5.10. The lowest BCUT2D eigenvalue weighted by atomic mass is 10.2. The van der Waals surface area contributed by atoms with Crippen LogP contribution in [0, 0.1) is 11.3 Å². The lowest BCUT2D eigenvalue weighted by Crippen LogP contribution is -2.24. The summed E-state index contributed by atoms with van der Waals surface area (Å²) in [7, 11) is 0. The molecular weight excluding hydrogens is 252 g/mol. The number of nitrogens with zero attached hydrogens (tertiary/aromatic N) is 2. The van der Waals surface area contributed by atoms with Gasteiger partial charge in [-0.2, -0.15) is 5.26 Å². The van der Waals surface area contributed by atoms with Crippen molar-refractivity contribution in [1.82, 2.24) is 4.90 Å². The zero-order valence-corrected chi connectivity index (χ0v) is 10.5. The van der Waals surface area contributed by atoms with E-state index in [0.29, 0.717) is 6.54 Å². The third kappa shape index (κ3) is 4.03.